The van der Waals surface area contributed by atoms with Crippen LogP contribution < -0.4 is 5.32 Å². The van der Waals surface area contributed by atoms with Gasteiger partial charge < -0.3 is 9.88 Å². The van der Waals surface area contributed by atoms with Crippen LogP contribution in [-0.4, -0.2) is 27.8 Å². The molecule has 1 heterocycles. The fraction of sp³-hybridized carbons (Fsp3) is 0.643. The van der Waals surface area contributed by atoms with Gasteiger partial charge in [0.05, 0.1) is 11.1 Å². The van der Waals surface area contributed by atoms with Crippen LogP contribution in [0.2, 0.25) is 0 Å². The monoisotopic (exact) mass is 313 g/mol. The van der Waals surface area contributed by atoms with Crippen LogP contribution in [0.1, 0.15) is 36.2 Å². The van der Waals surface area contributed by atoms with E-state index in [9.17, 15) is 14.9 Å². The van der Waals surface area contributed by atoms with Gasteiger partial charge in [0.25, 0.3) is 11.6 Å². The highest BCUT2D eigenvalue weighted by Crippen LogP contribution is 2.30. The van der Waals surface area contributed by atoms with Gasteiger partial charge in [-0.25, -0.2) is 0 Å². The summed E-state index contributed by atoms with van der Waals surface area (Å²) in [4.78, 5) is 22.4. The maximum atomic E-state index is 12.2. The molecule has 0 saturated heterocycles. The Labute approximate surface area is 128 Å². The Bertz CT molecular complexity index is 530. The van der Waals surface area contributed by atoms with Crippen LogP contribution in [0.25, 0.3) is 0 Å². The SMILES string of the molecule is Cn1cc([N+](=O)[O-])cc1C(=O)NCC1CCCCC1CCl. The molecule has 2 rings (SSSR count). The molecule has 0 aromatic carbocycles. The van der Waals surface area contributed by atoms with Crippen molar-refractivity contribution in [1.29, 1.82) is 0 Å². The van der Waals surface area contributed by atoms with Crippen LogP contribution in [-0.2, 0) is 7.05 Å². The Morgan fingerprint density at radius 1 is 1.48 bits per heavy atom. The Hall–Kier alpha value is -1.56. The summed E-state index contributed by atoms with van der Waals surface area (Å²) in [7, 11) is 1.63. The zero-order valence-corrected chi connectivity index (χ0v) is 12.8. The summed E-state index contributed by atoms with van der Waals surface area (Å²) < 4.78 is 1.48. The molecule has 2 atom stereocenters. The summed E-state index contributed by atoms with van der Waals surface area (Å²) >= 11 is 5.98. The second kappa shape index (κ2) is 6.93. The van der Waals surface area contributed by atoms with Gasteiger partial charge >= 0.3 is 0 Å². The molecule has 116 valence electrons. The van der Waals surface area contributed by atoms with Crippen molar-refractivity contribution in [3.63, 3.8) is 0 Å². The average molecular weight is 314 g/mol. The van der Waals surface area contributed by atoms with Gasteiger partial charge in [0, 0.05) is 25.5 Å². The first-order chi connectivity index (χ1) is 10.0. The number of nitro groups is 1. The number of aromatic nitrogens is 1. The second-order valence-electron chi connectivity index (χ2n) is 5.62. The predicted octanol–water partition coefficient (Wildman–Crippen LogP) is 2.71. The Balaban J connectivity index is 1.96. The number of alkyl halides is 1. The van der Waals surface area contributed by atoms with E-state index in [-0.39, 0.29) is 11.6 Å². The van der Waals surface area contributed by atoms with Crippen molar-refractivity contribution in [2.75, 3.05) is 12.4 Å². The van der Waals surface area contributed by atoms with Gasteiger partial charge in [-0.05, 0) is 24.7 Å². The summed E-state index contributed by atoms with van der Waals surface area (Å²) in [6.07, 6.45) is 5.90. The highest BCUT2D eigenvalue weighted by atomic mass is 35.5. The average Bonchev–Trinajstić information content (AvgIpc) is 2.87. The summed E-state index contributed by atoms with van der Waals surface area (Å²) in [5.74, 6) is 1.19. The fourth-order valence-electron chi connectivity index (χ4n) is 2.94. The molecule has 1 aromatic rings. The van der Waals surface area contributed by atoms with Crippen molar-refractivity contribution in [1.82, 2.24) is 9.88 Å². The van der Waals surface area contributed by atoms with Crippen molar-refractivity contribution >= 4 is 23.2 Å². The van der Waals surface area contributed by atoms with E-state index in [1.54, 1.807) is 7.05 Å². The first kappa shape index (κ1) is 15.8. The number of halogens is 1. The van der Waals surface area contributed by atoms with Crippen molar-refractivity contribution < 1.29 is 9.72 Å². The van der Waals surface area contributed by atoms with Gasteiger partial charge in [-0.1, -0.05) is 12.8 Å². The van der Waals surface area contributed by atoms with Crippen molar-refractivity contribution in [3.05, 3.63) is 28.1 Å². The van der Waals surface area contributed by atoms with E-state index in [0.29, 0.717) is 30.0 Å². The van der Waals surface area contributed by atoms with Gasteiger partial charge in [0.1, 0.15) is 5.69 Å². The molecule has 2 unspecified atom stereocenters. The summed E-state index contributed by atoms with van der Waals surface area (Å²) in [5.41, 5.74) is 0.235. The van der Waals surface area contributed by atoms with E-state index in [2.05, 4.69) is 5.32 Å². The highest BCUT2D eigenvalue weighted by molar-refractivity contribution is 6.18. The Morgan fingerprint density at radius 2 is 2.14 bits per heavy atom. The maximum absolute atomic E-state index is 12.2. The lowest BCUT2D eigenvalue weighted by molar-refractivity contribution is -0.384. The molecule has 1 N–H and O–H groups in total. The molecular weight excluding hydrogens is 294 g/mol. The third kappa shape index (κ3) is 3.75. The normalized spacial score (nSPS) is 22.0. The molecule has 1 aromatic heterocycles. The van der Waals surface area contributed by atoms with Crippen molar-refractivity contribution in [2.45, 2.75) is 25.7 Å². The summed E-state index contributed by atoms with van der Waals surface area (Å²) in [6, 6.07) is 1.30. The first-order valence-corrected chi connectivity index (χ1v) is 7.71. The Morgan fingerprint density at radius 3 is 2.71 bits per heavy atom. The van der Waals surface area contributed by atoms with Crippen LogP contribution in [0.15, 0.2) is 12.3 Å². The largest absolute Gasteiger partial charge is 0.350 e. The zero-order valence-electron chi connectivity index (χ0n) is 12.0. The van der Waals surface area contributed by atoms with Crippen LogP contribution in [0.4, 0.5) is 5.69 Å². The zero-order chi connectivity index (χ0) is 15.4. The number of carbonyl (C=O) groups is 1. The smallest absolute Gasteiger partial charge is 0.287 e. The van der Waals surface area contributed by atoms with E-state index in [4.69, 9.17) is 11.6 Å². The number of amides is 1. The molecule has 1 amide bonds. The van der Waals surface area contributed by atoms with Crippen LogP contribution in [0.5, 0.6) is 0 Å². The summed E-state index contributed by atoms with van der Waals surface area (Å²) in [5, 5.41) is 13.6. The summed E-state index contributed by atoms with van der Waals surface area (Å²) in [6.45, 7) is 0.579. The lowest BCUT2D eigenvalue weighted by Gasteiger charge is -2.30. The van der Waals surface area contributed by atoms with E-state index < -0.39 is 4.92 Å². The van der Waals surface area contributed by atoms with E-state index in [0.717, 1.165) is 12.8 Å². The van der Waals surface area contributed by atoms with Gasteiger partial charge in [-0.2, -0.15) is 0 Å². The van der Waals surface area contributed by atoms with E-state index in [1.807, 2.05) is 0 Å². The predicted molar refractivity (Wildman–Crippen MR) is 80.6 cm³/mol. The molecule has 21 heavy (non-hydrogen) atoms. The molecule has 0 radical (unpaired) electrons. The molecule has 1 saturated carbocycles. The number of rotatable bonds is 5. The molecular formula is C14H20ClN3O3. The fourth-order valence-corrected chi connectivity index (χ4v) is 3.35. The number of hydrogen-bond donors (Lipinski definition) is 1. The lowest BCUT2D eigenvalue weighted by atomic mass is 9.80. The third-order valence-corrected chi connectivity index (χ3v) is 4.62. The van der Waals surface area contributed by atoms with Crippen LogP contribution in [0, 0.1) is 22.0 Å². The molecule has 0 spiro atoms. The minimum atomic E-state index is -0.499. The van der Waals surface area contributed by atoms with Crippen LogP contribution in [0.3, 0.4) is 0 Å². The number of nitrogens with zero attached hydrogens (tertiary/aromatic N) is 2. The molecule has 1 aliphatic rings. The first-order valence-electron chi connectivity index (χ1n) is 7.18. The quantitative estimate of drug-likeness (QED) is 0.516. The molecule has 6 nitrogen and oxygen atoms in total. The van der Waals surface area contributed by atoms with E-state index in [1.165, 1.54) is 29.7 Å². The molecule has 0 bridgehead atoms. The van der Waals surface area contributed by atoms with Gasteiger partial charge in [0.2, 0.25) is 0 Å². The van der Waals surface area contributed by atoms with Gasteiger partial charge in [0.15, 0.2) is 0 Å². The number of hydrogen-bond acceptors (Lipinski definition) is 3. The van der Waals surface area contributed by atoms with Crippen molar-refractivity contribution in [3.8, 4) is 0 Å². The second-order valence-corrected chi connectivity index (χ2v) is 5.93. The standard InChI is InChI=1S/C14H20ClN3O3/c1-17-9-12(18(20)21)6-13(17)14(19)16-8-11-5-3-2-4-10(11)7-15/h6,9-11H,2-5,7-8H2,1H3,(H,16,19). The van der Waals surface area contributed by atoms with Crippen LogP contribution >= 0.6 is 11.6 Å². The minimum absolute atomic E-state index is 0.0704. The highest BCUT2D eigenvalue weighted by Gasteiger charge is 2.25. The number of nitrogens with one attached hydrogen (secondary N) is 1. The number of carbonyl (C=O) groups excluding carboxylic acids is 1. The van der Waals surface area contributed by atoms with E-state index >= 15 is 0 Å². The van der Waals surface area contributed by atoms with Gasteiger partial charge in [-0.15, -0.1) is 11.6 Å². The van der Waals surface area contributed by atoms with Crippen molar-refractivity contribution in [2.24, 2.45) is 18.9 Å². The lowest BCUT2D eigenvalue weighted by Crippen LogP contribution is -2.35. The van der Waals surface area contributed by atoms with Gasteiger partial charge in [-0.3, -0.25) is 14.9 Å². The molecule has 7 heteroatoms. The molecule has 1 aliphatic carbocycles. The third-order valence-electron chi connectivity index (χ3n) is 4.22. The molecule has 0 aliphatic heterocycles. The molecule has 1 fully saturated rings. The number of aryl methyl sites for hydroxylation is 1. The topological polar surface area (TPSA) is 77.2 Å². The minimum Gasteiger partial charge on any atom is -0.350 e. The maximum Gasteiger partial charge on any atom is 0.287 e. The Kier molecular flexibility index (Phi) is 5.22.